The van der Waals surface area contributed by atoms with Crippen molar-refractivity contribution in [2.24, 2.45) is 0 Å². The van der Waals surface area contributed by atoms with Crippen molar-refractivity contribution < 1.29 is 9.53 Å². The van der Waals surface area contributed by atoms with Gasteiger partial charge in [-0.1, -0.05) is 41.4 Å². The summed E-state index contributed by atoms with van der Waals surface area (Å²) in [4.78, 5) is 12.3. The molecule has 0 radical (unpaired) electrons. The molecule has 2 aromatic rings. The Labute approximate surface area is 133 Å². The molecule has 21 heavy (non-hydrogen) atoms. The number of nitrogens with one attached hydrogen (secondary N) is 1. The van der Waals surface area contributed by atoms with Gasteiger partial charge in [0.05, 0.1) is 28.8 Å². The lowest BCUT2D eigenvalue weighted by molar-refractivity contribution is 0.0940. The van der Waals surface area contributed by atoms with E-state index in [9.17, 15) is 4.79 Å². The monoisotopic (exact) mass is 323 g/mol. The zero-order chi connectivity index (χ0) is 15.4. The minimum absolute atomic E-state index is 0.195. The molecule has 0 aliphatic rings. The third-order valence-corrected chi connectivity index (χ3v) is 3.76. The number of carbonyl (C=O) groups excluding carboxylic acids is 1. The Balaban J connectivity index is 2.19. The van der Waals surface area contributed by atoms with Crippen molar-refractivity contribution in [2.75, 3.05) is 7.11 Å². The molecule has 1 atom stereocenters. The van der Waals surface area contributed by atoms with Crippen LogP contribution >= 0.6 is 23.2 Å². The van der Waals surface area contributed by atoms with E-state index in [1.807, 2.05) is 31.2 Å². The van der Waals surface area contributed by atoms with Crippen molar-refractivity contribution in [1.82, 2.24) is 5.32 Å². The Bertz CT molecular complexity index is 638. The van der Waals surface area contributed by atoms with Crippen LogP contribution < -0.4 is 10.1 Å². The van der Waals surface area contributed by atoms with Gasteiger partial charge in [-0.3, -0.25) is 4.79 Å². The largest absolute Gasteiger partial charge is 0.497 e. The number of ether oxygens (including phenoxy) is 1. The first kappa shape index (κ1) is 15.7. The lowest BCUT2D eigenvalue weighted by atomic mass is 10.1. The molecule has 2 aromatic carbocycles. The van der Waals surface area contributed by atoms with Gasteiger partial charge < -0.3 is 10.1 Å². The van der Waals surface area contributed by atoms with E-state index in [2.05, 4.69) is 5.32 Å². The average Bonchev–Trinajstić information content (AvgIpc) is 2.47. The molecule has 1 N–H and O–H groups in total. The minimum atomic E-state index is -0.305. The summed E-state index contributed by atoms with van der Waals surface area (Å²) in [6.45, 7) is 1.89. The van der Waals surface area contributed by atoms with E-state index in [1.165, 1.54) is 0 Å². The minimum Gasteiger partial charge on any atom is -0.497 e. The van der Waals surface area contributed by atoms with E-state index in [0.29, 0.717) is 10.0 Å². The highest BCUT2D eigenvalue weighted by atomic mass is 35.5. The molecule has 5 heteroatoms. The van der Waals surface area contributed by atoms with Crippen LogP contribution in [0.1, 0.15) is 28.9 Å². The van der Waals surface area contributed by atoms with E-state index < -0.39 is 0 Å². The molecule has 0 heterocycles. The number of hydrogen-bond acceptors (Lipinski definition) is 2. The number of benzene rings is 2. The summed E-state index contributed by atoms with van der Waals surface area (Å²) in [6.07, 6.45) is 0. The smallest absolute Gasteiger partial charge is 0.254 e. The van der Waals surface area contributed by atoms with E-state index >= 15 is 0 Å². The molecule has 0 unspecified atom stereocenters. The van der Waals surface area contributed by atoms with Crippen molar-refractivity contribution >= 4 is 29.1 Å². The van der Waals surface area contributed by atoms with Gasteiger partial charge in [0.2, 0.25) is 0 Å². The van der Waals surface area contributed by atoms with Crippen molar-refractivity contribution in [3.63, 3.8) is 0 Å². The predicted octanol–water partition coefficient (Wildman–Crippen LogP) is 4.49. The fourth-order valence-electron chi connectivity index (χ4n) is 1.98. The summed E-state index contributed by atoms with van der Waals surface area (Å²) < 4.78 is 5.18. The number of amides is 1. The molecule has 0 aliphatic heterocycles. The molecule has 0 spiro atoms. The Kier molecular flexibility index (Phi) is 5.10. The van der Waals surface area contributed by atoms with E-state index in [1.54, 1.807) is 25.3 Å². The third-order valence-electron chi connectivity index (χ3n) is 3.13. The number of rotatable bonds is 4. The van der Waals surface area contributed by atoms with Crippen LogP contribution in [-0.2, 0) is 0 Å². The summed E-state index contributed by atoms with van der Waals surface area (Å²) in [6, 6.07) is 12.3. The molecule has 0 bridgehead atoms. The molecule has 110 valence electrons. The van der Waals surface area contributed by atoms with Crippen molar-refractivity contribution in [2.45, 2.75) is 13.0 Å². The van der Waals surface area contributed by atoms with Crippen LogP contribution in [-0.4, -0.2) is 13.0 Å². The van der Waals surface area contributed by atoms with Gasteiger partial charge in [-0.2, -0.15) is 0 Å². The summed E-state index contributed by atoms with van der Waals surface area (Å²) in [5, 5.41) is 3.54. The van der Waals surface area contributed by atoms with Crippen LogP contribution in [0.15, 0.2) is 42.5 Å². The normalized spacial score (nSPS) is 11.8. The average molecular weight is 324 g/mol. The molecule has 0 aromatic heterocycles. The number of halogens is 2. The number of carbonyl (C=O) groups is 1. The summed E-state index contributed by atoms with van der Waals surface area (Å²) in [5.74, 6) is 0.435. The predicted molar refractivity (Wildman–Crippen MR) is 85.3 cm³/mol. The number of hydrogen-bond donors (Lipinski definition) is 1. The van der Waals surface area contributed by atoms with Crippen molar-refractivity contribution in [3.8, 4) is 5.75 Å². The molecule has 0 fully saturated rings. The van der Waals surface area contributed by atoms with Gasteiger partial charge in [-0.25, -0.2) is 0 Å². The maximum absolute atomic E-state index is 12.3. The van der Waals surface area contributed by atoms with Crippen LogP contribution in [0.5, 0.6) is 5.75 Å². The Morgan fingerprint density at radius 1 is 1.14 bits per heavy atom. The van der Waals surface area contributed by atoms with E-state index in [-0.39, 0.29) is 17.5 Å². The Hall–Kier alpha value is -1.71. The second-order valence-corrected chi connectivity index (χ2v) is 5.38. The molecule has 0 saturated heterocycles. The highest BCUT2D eigenvalue weighted by molar-refractivity contribution is 6.39. The van der Waals surface area contributed by atoms with Gasteiger partial charge in [0.1, 0.15) is 5.75 Å². The lowest BCUT2D eigenvalue weighted by Gasteiger charge is -2.16. The molecule has 0 saturated carbocycles. The van der Waals surface area contributed by atoms with Gasteiger partial charge in [-0.15, -0.1) is 0 Å². The standard InChI is InChI=1S/C16H15Cl2NO2/c1-10(11-5-3-6-12(9-11)21-2)19-16(20)15-13(17)7-4-8-14(15)18/h3-10H,1-2H3,(H,19,20)/t10-/m0/s1. The van der Waals surface area contributed by atoms with Crippen LogP contribution in [0, 0.1) is 0 Å². The summed E-state index contributed by atoms with van der Waals surface area (Å²) in [5.41, 5.74) is 1.22. The topological polar surface area (TPSA) is 38.3 Å². The van der Waals surface area contributed by atoms with Crippen LogP contribution in [0.4, 0.5) is 0 Å². The van der Waals surface area contributed by atoms with Crippen LogP contribution in [0.2, 0.25) is 10.0 Å². The highest BCUT2D eigenvalue weighted by Crippen LogP contribution is 2.25. The Morgan fingerprint density at radius 3 is 2.38 bits per heavy atom. The highest BCUT2D eigenvalue weighted by Gasteiger charge is 2.17. The first-order chi connectivity index (χ1) is 10.0. The van der Waals surface area contributed by atoms with Gasteiger partial charge in [0.15, 0.2) is 0 Å². The fourth-order valence-corrected chi connectivity index (χ4v) is 2.55. The summed E-state index contributed by atoms with van der Waals surface area (Å²) >= 11 is 12.1. The van der Waals surface area contributed by atoms with Crippen molar-refractivity contribution in [1.29, 1.82) is 0 Å². The number of methoxy groups -OCH3 is 1. The molecule has 1 amide bonds. The van der Waals surface area contributed by atoms with Gasteiger partial charge >= 0.3 is 0 Å². The lowest BCUT2D eigenvalue weighted by Crippen LogP contribution is -2.27. The van der Waals surface area contributed by atoms with Gasteiger partial charge in [-0.05, 0) is 36.8 Å². The quantitative estimate of drug-likeness (QED) is 0.900. The van der Waals surface area contributed by atoms with Crippen LogP contribution in [0.25, 0.3) is 0 Å². The second kappa shape index (κ2) is 6.83. The van der Waals surface area contributed by atoms with E-state index in [0.717, 1.165) is 11.3 Å². The third kappa shape index (κ3) is 3.69. The maximum atomic E-state index is 12.3. The molecular formula is C16H15Cl2NO2. The zero-order valence-electron chi connectivity index (χ0n) is 11.7. The second-order valence-electron chi connectivity index (χ2n) is 4.57. The zero-order valence-corrected chi connectivity index (χ0v) is 13.2. The molecule has 2 rings (SSSR count). The maximum Gasteiger partial charge on any atom is 0.254 e. The SMILES string of the molecule is COc1cccc([C@H](C)NC(=O)c2c(Cl)cccc2Cl)c1. The van der Waals surface area contributed by atoms with Crippen molar-refractivity contribution in [3.05, 3.63) is 63.6 Å². The van der Waals surface area contributed by atoms with E-state index in [4.69, 9.17) is 27.9 Å². The summed E-state index contributed by atoms with van der Waals surface area (Å²) in [7, 11) is 1.60. The Morgan fingerprint density at radius 2 is 1.76 bits per heavy atom. The molecule has 0 aliphatic carbocycles. The van der Waals surface area contributed by atoms with Gasteiger partial charge in [0.25, 0.3) is 5.91 Å². The first-order valence-electron chi connectivity index (χ1n) is 6.41. The molecule has 3 nitrogen and oxygen atoms in total. The fraction of sp³-hybridized carbons (Fsp3) is 0.188. The molecular weight excluding hydrogens is 309 g/mol. The van der Waals surface area contributed by atoms with Crippen LogP contribution in [0.3, 0.4) is 0 Å². The van der Waals surface area contributed by atoms with Gasteiger partial charge in [0, 0.05) is 0 Å². The first-order valence-corrected chi connectivity index (χ1v) is 7.17.